The third-order valence-electron chi connectivity index (χ3n) is 3.79. The molecule has 2 atom stereocenters. The van der Waals surface area contributed by atoms with E-state index in [-0.39, 0.29) is 0 Å². The van der Waals surface area contributed by atoms with Gasteiger partial charge in [0.15, 0.2) is 0 Å². The van der Waals surface area contributed by atoms with E-state index in [1.54, 1.807) is 4.90 Å². The molecule has 0 unspecified atom stereocenters. The summed E-state index contributed by atoms with van der Waals surface area (Å²) in [6, 6.07) is 8.31. The lowest BCUT2D eigenvalue weighted by Gasteiger charge is -2.31. The summed E-state index contributed by atoms with van der Waals surface area (Å²) in [5, 5.41) is 0. The number of rotatable bonds is 4. The molecule has 0 bridgehead atoms. The number of hydrogen-bond donors (Lipinski definition) is 1. The molecule has 0 spiro atoms. The van der Waals surface area contributed by atoms with Crippen molar-refractivity contribution in [3.8, 4) is 5.75 Å². The molecule has 0 radical (unpaired) electrons. The zero-order valence-corrected chi connectivity index (χ0v) is 11.9. The lowest BCUT2D eigenvalue weighted by atomic mass is 9.92. The number of benzene rings is 1. The molecule has 1 saturated heterocycles. The Labute approximate surface area is 111 Å². The minimum Gasteiger partial charge on any atom is -0.488 e. The van der Waals surface area contributed by atoms with Crippen molar-refractivity contribution in [1.29, 1.82) is 0 Å². The van der Waals surface area contributed by atoms with Gasteiger partial charge < -0.3 is 9.64 Å². The smallest absolute Gasteiger partial charge is 0.137 e. The van der Waals surface area contributed by atoms with Crippen molar-refractivity contribution >= 4 is 0 Å². The first-order valence-electron chi connectivity index (χ1n) is 7.16. The number of likely N-dealkylation sites (tertiary alicyclic amines) is 1. The summed E-state index contributed by atoms with van der Waals surface area (Å²) < 4.78 is 5.84. The average molecular weight is 248 g/mol. The predicted octanol–water partition coefficient (Wildman–Crippen LogP) is 1.93. The van der Waals surface area contributed by atoms with E-state index in [4.69, 9.17) is 4.74 Å². The first kappa shape index (κ1) is 13.4. The van der Waals surface area contributed by atoms with Gasteiger partial charge in [-0.1, -0.05) is 26.0 Å². The van der Waals surface area contributed by atoms with Crippen molar-refractivity contribution in [2.45, 2.75) is 27.2 Å². The Hall–Kier alpha value is -1.02. The van der Waals surface area contributed by atoms with E-state index in [9.17, 15) is 0 Å². The van der Waals surface area contributed by atoms with Crippen LogP contribution >= 0.6 is 0 Å². The molecule has 2 heteroatoms. The minimum absolute atomic E-state index is 0.832. The second-order valence-electron chi connectivity index (χ2n) is 6.02. The van der Waals surface area contributed by atoms with Crippen LogP contribution in [0.4, 0.5) is 0 Å². The standard InChI is InChI=1S/C16H25NO/c1-13-5-4-6-16(10-13)18-8-7-17-11-14(2)9-15(3)12-17/h4-6,10,14-15H,7-9,11-12H2,1-3H3/p+1/t14-,15-/m0/s1. The number of aryl methyl sites for hydroxylation is 1. The van der Waals surface area contributed by atoms with Gasteiger partial charge in [0, 0.05) is 11.8 Å². The van der Waals surface area contributed by atoms with Crippen LogP contribution in [0.25, 0.3) is 0 Å². The first-order chi connectivity index (χ1) is 8.63. The Morgan fingerprint density at radius 2 is 1.94 bits per heavy atom. The van der Waals surface area contributed by atoms with Crippen molar-refractivity contribution in [1.82, 2.24) is 0 Å². The first-order valence-corrected chi connectivity index (χ1v) is 7.16. The number of hydrogen-bond acceptors (Lipinski definition) is 1. The summed E-state index contributed by atoms with van der Waals surface area (Å²) in [4.78, 5) is 1.70. The Bertz CT molecular complexity index is 367. The van der Waals surface area contributed by atoms with Crippen LogP contribution in [0.15, 0.2) is 24.3 Å². The second-order valence-corrected chi connectivity index (χ2v) is 6.02. The summed E-state index contributed by atoms with van der Waals surface area (Å²) in [5.41, 5.74) is 1.26. The molecule has 1 aliphatic rings. The molecule has 0 amide bonds. The van der Waals surface area contributed by atoms with Gasteiger partial charge in [-0.3, -0.25) is 0 Å². The fraction of sp³-hybridized carbons (Fsp3) is 0.625. The highest BCUT2D eigenvalue weighted by Crippen LogP contribution is 2.13. The van der Waals surface area contributed by atoms with Crippen LogP contribution in [0, 0.1) is 18.8 Å². The predicted molar refractivity (Wildman–Crippen MR) is 75.2 cm³/mol. The third-order valence-corrected chi connectivity index (χ3v) is 3.79. The molecule has 18 heavy (non-hydrogen) atoms. The van der Waals surface area contributed by atoms with Crippen molar-refractivity contribution in [2.75, 3.05) is 26.2 Å². The number of ether oxygens (including phenoxy) is 1. The van der Waals surface area contributed by atoms with Gasteiger partial charge in [-0.2, -0.15) is 0 Å². The van der Waals surface area contributed by atoms with Gasteiger partial charge in [-0.25, -0.2) is 0 Å². The molecule has 100 valence electrons. The van der Waals surface area contributed by atoms with E-state index >= 15 is 0 Å². The normalized spacial score (nSPS) is 28.1. The van der Waals surface area contributed by atoms with Gasteiger partial charge in [0.2, 0.25) is 0 Å². The highest BCUT2D eigenvalue weighted by molar-refractivity contribution is 5.27. The molecule has 1 N–H and O–H groups in total. The SMILES string of the molecule is Cc1cccc(OCC[NH+]2C[C@@H](C)C[C@H](C)C2)c1. The third kappa shape index (κ3) is 4.02. The topological polar surface area (TPSA) is 13.7 Å². The maximum absolute atomic E-state index is 5.84. The summed E-state index contributed by atoms with van der Waals surface area (Å²) in [6.07, 6.45) is 1.39. The molecule has 1 fully saturated rings. The molecule has 1 heterocycles. The molecular formula is C16H26NO+. The summed E-state index contributed by atoms with van der Waals surface area (Å²) >= 11 is 0. The summed E-state index contributed by atoms with van der Waals surface area (Å²) in [6.45, 7) is 11.4. The van der Waals surface area contributed by atoms with E-state index in [1.165, 1.54) is 25.1 Å². The van der Waals surface area contributed by atoms with Crippen LogP contribution in [0.3, 0.4) is 0 Å². The van der Waals surface area contributed by atoms with Crippen molar-refractivity contribution in [3.05, 3.63) is 29.8 Å². The lowest BCUT2D eigenvalue weighted by molar-refractivity contribution is -0.912. The van der Waals surface area contributed by atoms with Crippen LogP contribution in [0.2, 0.25) is 0 Å². The van der Waals surface area contributed by atoms with Gasteiger partial charge >= 0.3 is 0 Å². The van der Waals surface area contributed by atoms with E-state index in [2.05, 4.69) is 39.0 Å². The summed E-state index contributed by atoms with van der Waals surface area (Å²) in [5.74, 6) is 2.73. The van der Waals surface area contributed by atoms with Crippen LogP contribution < -0.4 is 9.64 Å². The van der Waals surface area contributed by atoms with Gasteiger partial charge in [0.25, 0.3) is 0 Å². The van der Waals surface area contributed by atoms with Crippen LogP contribution in [0.5, 0.6) is 5.75 Å². The highest BCUT2D eigenvalue weighted by Gasteiger charge is 2.24. The fourth-order valence-corrected chi connectivity index (χ4v) is 3.14. The largest absolute Gasteiger partial charge is 0.488 e. The van der Waals surface area contributed by atoms with Gasteiger partial charge in [0.05, 0.1) is 13.1 Å². The highest BCUT2D eigenvalue weighted by atomic mass is 16.5. The molecular weight excluding hydrogens is 222 g/mol. The Kier molecular flexibility index (Phi) is 4.65. The maximum Gasteiger partial charge on any atom is 0.137 e. The van der Waals surface area contributed by atoms with Crippen molar-refractivity contribution in [3.63, 3.8) is 0 Å². The second kappa shape index (κ2) is 6.24. The monoisotopic (exact) mass is 248 g/mol. The fourth-order valence-electron chi connectivity index (χ4n) is 3.14. The zero-order chi connectivity index (χ0) is 13.0. The molecule has 0 saturated carbocycles. The van der Waals surface area contributed by atoms with Gasteiger partial charge in [0.1, 0.15) is 18.9 Å². The molecule has 1 aromatic rings. The molecule has 0 aromatic heterocycles. The van der Waals surface area contributed by atoms with Crippen LogP contribution in [-0.2, 0) is 0 Å². The van der Waals surface area contributed by atoms with Crippen molar-refractivity contribution in [2.24, 2.45) is 11.8 Å². The van der Waals surface area contributed by atoms with E-state index < -0.39 is 0 Å². The molecule has 1 aliphatic heterocycles. The van der Waals surface area contributed by atoms with Crippen molar-refractivity contribution < 1.29 is 9.64 Å². The Morgan fingerprint density at radius 3 is 2.61 bits per heavy atom. The van der Waals surface area contributed by atoms with Gasteiger partial charge in [-0.15, -0.1) is 0 Å². The molecule has 2 rings (SSSR count). The molecule has 2 nitrogen and oxygen atoms in total. The van der Waals surface area contributed by atoms with Gasteiger partial charge in [-0.05, 0) is 31.0 Å². The van der Waals surface area contributed by atoms with E-state index in [0.717, 1.165) is 30.7 Å². The minimum atomic E-state index is 0.832. The zero-order valence-electron chi connectivity index (χ0n) is 11.9. The maximum atomic E-state index is 5.84. The molecule has 0 aliphatic carbocycles. The summed E-state index contributed by atoms with van der Waals surface area (Å²) in [7, 11) is 0. The lowest BCUT2D eigenvalue weighted by Crippen LogP contribution is -3.14. The number of nitrogens with one attached hydrogen (secondary N) is 1. The average Bonchev–Trinajstić information content (AvgIpc) is 2.27. The number of piperidine rings is 1. The molecule has 1 aromatic carbocycles. The van der Waals surface area contributed by atoms with E-state index in [0.29, 0.717) is 0 Å². The van der Waals surface area contributed by atoms with E-state index in [1.807, 2.05) is 6.07 Å². The van der Waals surface area contributed by atoms with Crippen LogP contribution in [0.1, 0.15) is 25.8 Å². The Balaban J connectivity index is 1.75. The number of quaternary nitrogens is 1. The van der Waals surface area contributed by atoms with Crippen LogP contribution in [-0.4, -0.2) is 26.2 Å². The Morgan fingerprint density at radius 1 is 1.22 bits per heavy atom. The quantitative estimate of drug-likeness (QED) is 0.859.